The van der Waals surface area contributed by atoms with Crippen LogP contribution < -0.4 is 10.4 Å². The first-order valence-corrected chi connectivity index (χ1v) is 8.65. The number of ether oxygens (including phenoxy) is 1. The van der Waals surface area contributed by atoms with Crippen molar-refractivity contribution < 1.29 is 14.3 Å². The summed E-state index contributed by atoms with van der Waals surface area (Å²) in [4.78, 5) is 14.2. The summed E-state index contributed by atoms with van der Waals surface area (Å²) < 4.78 is 10.5. The van der Waals surface area contributed by atoms with E-state index < -0.39 is 0 Å². The van der Waals surface area contributed by atoms with Gasteiger partial charge in [0.1, 0.15) is 11.3 Å². The second-order valence-corrected chi connectivity index (χ2v) is 6.46. The lowest BCUT2D eigenvalue weighted by Gasteiger charge is -2.38. The summed E-state index contributed by atoms with van der Waals surface area (Å²) in [5.41, 5.74) is 1.14. The minimum absolute atomic E-state index is 0.157. The van der Waals surface area contributed by atoms with Crippen molar-refractivity contribution in [1.82, 2.24) is 4.90 Å². The molecule has 0 spiro atoms. The van der Waals surface area contributed by atoms with Crippen molar-refractivity contribution in [2.45, 2.75) is 51.3 Å². The van der Waals surface area contributed by atoms with Gasteiger partial charge in [-0.15, -0.1) is 0 Å². The van der Waals surface area contributed by atoms with Crippen molar-refractivity contribution in [2.24, 2.45) is 0 Å². The van der Waals surface area contributed by atoms with Gasteiger partial charge in [-0.3, -0.25) is 4.90 Å². The molecule has 1 N–H and O–H groups in total. The number of benzene rings is 1. The van der Waals surface area contributed by atoms with E-state index in [1.54, 1.807) is 19.2 Å². The Bertz CT molecular complexity index is 755. The average molecular weight is 331 g/mol. The third-order valence-corrected chi connectivity index (χ3v) is 4.94. The van der Waals surface area contributed by atoms with Crippen LogP contribution in [0, 0.1) is 0 Å². The van der Waals surface area contributed by atoms with Crippen LogP contribution in [-0.2, 0) is 6.54 Å². The van der Waals surface area contributed by atoms with Gasteiger partial charge < -0.3 is 14.3 Å². The summed E-state index contributed by atoms with van der Waals surface area (Å²) in [6.07, 6.45) is 3.70. The molecule has 0 radical (unpaired) electrons. The molecular formula is C19H25NO4. The highest BCUT2D eigenvalue weighted by Gasteiger charge is 2.28. The molecule has 2 aromatic rings. The van der Waals surface area contributed by atoms with Gasteiger partial charge in [-0.05, 0) is 43.5 Å². The average Bonchev–Trinajstić information content (AvgIpc) is 2.60. The van der Waals surface area contributed by atoms with E-state index in [0.717, 1.165) is 43.2 Å². The molecule has 1 aromatic heterocycles. The summed E-state index contributed by atoms with van der Waals surface area (Å²) in [5, 5.41) is 11.3. The van der Waals surface area contributed by atoms with Crippen LogP contribution in [0.2, 0.25) is 0 Å². The number of hydrogen-bond acceptors (Lipinski definition) is 5. The first-order valence-electron chi connectivity index (χ1n) is 8.65. The maximum Gasteiger partial charge on any atom is 0.336 e. The number of piperidine rings is 1. The highest BCUT2D eigenvalue weighted by molar-refractivity contribution is 5.81. The molecule has 0 aliphatic carbocycles. The van der Waals surface area contributed by atoms with Crippen molar-refractivity contribution in [3.63, 3.8) is 0 Å². The zero-order valence-corrected chi connectivity index (χ0v) is 14.3. The van der Waals surface area contributed by atoms with E-state index >= 15 is 0 Å². The summed E-state index contributed by atoms with van der Waals surface area (Å²) in [5.74, 6) is 0.667. The van der Waals surface area contributed by atoms with Gasteiger partial charge in [-0.25, -0.2) is 4.79 Å². The highest BCUT2D eigenvalue weighted by Crippen LogP contribution is 2.27. The van der Waals surface area contributed by atoms with E-state index in [4.69, 9.17) is 9.15 Å². The Hall–Kier alpha value is -1.85. The van der Waals surface area contributed by atoms with E-state index in [9.17, 15) is 9.90 Å². The van der Waals surface area contributed by atoms with Crippen molar-refractivity contribution in [3.8, 4) is 5.75 Å². The molecule has 1 fully saturated rings. The molecular weight excluding hydrogens is 306 g/mol. The largest absolute Gasteiger partial charge is 0.497 e. The van der Waals surface area contributed by atoms with Crippen LogP contribution in [0.5, 0.6) is 5.75 Å². The number of methoxy groups -OCH3 is 1. The van der Waals surface area contributed by atoms with E-state index in [-0.39, 0.29) is 17.8 Å². The number of aliphatic hydroxyl groups excluding tert-OH is 1. The van der Waals surface area contributed by atoms with Gasteiger partial charge in [0.25, 0.3) is 0 Å². The van der Waals surface area contributed by atoms with E-state index in [1.165, 1.54) is 0 Å². The topological polar surface area (TPSA) is 62.9 Å². The normalized spacial score (nSPS) is 20.2. The second kappa shape index (κ2) is 7.36. The van der Waals surface area contributed by atoms with E-state index in [2.05, 4.69) is 4.90 Å². The summed E-state index contributed by atoms with van der Waals surface area (Å²) in [6, 6.07) is 7.28. The Morgan fingerprint density at radius 1 is 1.38 bits per heavy atom. The molecule has 2 unspecified atom stereocenters. The Labute approximate surface area is 141 Å². The zero-order valence-electron chi connectivity index (χ0n) is 14.3. The number of hydrogen-bond donors (Lipinski definition) is 1. The highest BCUT2D eigenvalue weighted by atomic mass is 16.5. The predicted molar refractivity (Wildman–Crippen MR) is 93.4 cm³/mol. The predicted octanol–water partition coefficient (Wildman–Crippen LogP) is 2.93. The van der Waals surface area contributed by atoms with Crippen LogP contribution in [0.25, 0.3) is 11.0 Å². The van der Waals surface area contributed by atoms with Gasteiger partial charge in [0.05, 0.1) is 13.2 Å². The third-order valence-electron chi connectivity index (χ3n) is 4.94. The molecule has 130 valence electrons. The van der Waals surface area contributed by atoms with Crippen LogP contribution in [0.4, 0.5) is 0 Å². The Morgan fingerprint density at radius 2 is 2.21 bits per heavy atom. The fourth-order valence-electron chi connectivity index (χ4n) is 3.61. The van der Waals surface area contributed by atoms with Gasteiger partial charge in [0.15, 0.2) is 0 Å². The third kappa shape index (κ3) is 3.47. The molecule has 0 amide bonds. The Balaban J connectivity index is 1.95. The first-order chi connectivity index (χ1) is 11.6. The molecule has 5 nitrogen and oxygen atoms in total. The quantitative estimate of drug-likeness (QED) is 0.854. The maximum absolute atomic E-state index is 11.9. The van der Waals surface area contributed by atoms with Crippen molar-refractivity contribution >= 4 is 11.0 Å². The fraction of sp³-hybridized carbons (Fsp3) is 0.526. The summed E-state index contributed by atoms with van der Waals surface area (Å²) in [7, 11) is 1.59. The van der Waals surface area contributed by atoms with Crippen LogP contribution >= 0.6 is 0 Å². The number of rotatable bonds is 5. The monoisotopic (exact) mass is 331 g/mol. The minimum atomic E-state index is -0.352. The molecule has 1 aliphatic rings. The van der Waals surface area contributed by atoms with Gasteiger partial charge in [0, 0.05) is 30.1 Å². The molecule has 1 saturated heterocycles. The maximum atomic E-state index is 11.9. The summed E-state index contributed by atoms with van der Waals surface area (Å²) >= 11 is 0. The molecule has 1 aliphatic heterocycles. The smallest absolute Gasteiger partial charge is 0.336 e. The molecule has 2 atom stereocenters. The number of fused-ring (bicyclic) bond motifs is 1. The standard InChI is InChI=1S/C19H25NO4/c1-3-17(21)16-6-4-5-9-20(16)12-13-10-19(22)24-18-11-14(23-2)7-8-15(13)18/h7-8,10-11,16-17,21H,3-6,9,12H2,1-2H3. The SMILES string of the molecule is CCC(O)C1CCCCN1Cc1cc(=O)oc2cc(OC)ccc12. The molecule has 0 bridgehead atoms. The Morgan fingerprint density at radius 3 is 2.96 bits per heavy atom. The number of likely N-dealkylation sites (tertiary alicyclic amines) is 1. The van der Waals surface area contributed by atoms with Gasteiger partial charge >= 0.3 is 5.63 Å². The first kappa shape index (κ1) is 17.0. The lowest BCUT2D eigenvalue weighted by Crippen LogP contribution is -2.46. The lowest BCUT2D eigenvalue weighted by atomic mass is 9.95. The molecule has 1 aromatic carbocycles. The zero-order chi connectivity index (χ0) is 17.1. The lowest BCUT2D eigenvalue weighted by molar-refractivity contribution is 0.0197. The number of nitrogens with zero attached hydrogens (tertiary/aromatic N) is 1. The molecule has 3 rings (SSSR count). The van der Waals surface area contributed by atoms with Gasteiger partial charge in [-0.1, -0.05) is 13.3 Å². The van der Waals surface area contributed by atoms with Gasteiger partial charge in [-0.2, -0.15) is 0 Å². The molecule has 24 heavy (non-hydrogen) atoms. The molecule has 2 heterocycles. The van der Waals surface area contributed by atoms with Gasteiger partial charge in [0.2, 0.25) is 0 Å². The van der Waals surface area contributed by atoms with Crippen LogP contribution in [0.1, 0.15) is 38.2 Å². The van der Waals surface area contributed by atoms with Crippen LogP contribution in [-0.4, -0.2) is 35.8 Å². The Kier molecular flexibility index (Phi) is 5.21. The van der Waals surface area contributed by atoms with Crippen molar-refractivity contribution in [3.05, 3.63) is 40.2 Å². The van der Waals surface area contributed by atoms with E-state index in [0.29, 0.717) is 17.9 Å². The summed E-state index contributed by atoms with van der Waals surface area (Å²) in [6.45, 7) is 3.60. The van der Waals surface area contributed by atoms with Crippen LogP contribution in [0.15, 0.2) is 33.5 Å². The second-order valence-electron chi connectivity index (χ2n) is 6.46. The minimum Gasteiger partial charge on any atom is -0.497 e. The number of aliphatic hydroxyl groups is 1. The van der Waals surface area contributed by atoms with Crippen LogP contribution in [0.3, 0.4) is 0 Å². The van der Waals surface area contributed by atoms with E-state index in [1.807, 2.05) is 19.1 Å². The van der Waals surface area contributed by atoms with Crippen molar-refractivity contribution in [1.29, 1.82) is 0 Å². The molecule has 0 saturated carbocycles. The van der Waals surface area contributed by atoms with Crippen molar-refractivity contribution in [2.75, 3.05) is 13.7 Å². The molecule has 5 heteroatoms. The fourth-order valence-corrected chi connectivity index (χ4v) is 3.61.